The second-order valence-electron chi connectivity index (χ2n) is 6.56. The molecule has 1 aromatic carbocycles. The molecule has 0 radical (unpaired) electrons. The Labute approximate surface area is 133 Å². The topological polar surface area (TPSA) is 33.7 Å². The normalized spacial score (nSPS) is 24.5. The van der Waals surface area contributed by atoms with Crippen molar-refractivity contribution in [3.8, 4) is 0 Å². The lowest BCUT2D eigenvalue weighted by atomic mass is 9.93. The molecule has 0 saturated carbocycles. The first-order valence-corrected chi connectivity index (χ1v) is 8.45. The lowest BCUT2D eigenvalue weighted by Gasteiger charge is -2.39. The molecule has 1 spiro atoms. The molecule has 4 heteroatoms. The average molecular weight is 304 g/mol. The van der Waals surface area contributed by atoms with E-state index in [0.717, 1.165) is 45.7 Å². The molecule has 2 heterocycles. The summed E-state index contributed by atoms with van der Waals surface area (Å²) in [6.45, 7) is 7.08. The number of piperidine rings is 1. The summed E-state index contributed by atoms with van der Waals surface area (Å²) >= 11 is 0. The molecule has 0 unspecified atom stereocenters. The molecule has 122 valence electrons. The van der Waals surface area contributed by atoms with E-state index < -0.39 is 0 Å². The third-order valence-electron chi connectivity index (χ3n) is 5.02. The standard InChI is InChI=1S/C18H28N2O2/c1-15(17(19-2)16-6-4-3-5-7-16)14-20-10-8-18(9-11-20)21-12-13-22-18/h3-7,15,17,19H,8-14H2,1-2H3/t15-,17+/m0/s1. The van der Waals surface area contributed by atoms with E-state index in [1.54, 1.807) is 0 Å². The first kappa shape index (κ1) is 15.9. The summed E-state index contributed by atoms with van der Waals surface area (Å²) in [5.41, 5.74) is 1.37. The van der Waals surface area contributed by atoms with E-state index in [2.05, 4.69) is 54.5 Å². The Kier molecular flexibility index (Phi) is 5.14. The van der Waals surface area contributed by atoms with Gasteiger partial charge in [-0.15, -0.1) is 0 Å². The molecule has 2 fully saturated rings. The third-order valence-corrected chi connectivity index (χ3v) is 5.02. The van der Waals surface area contributed by atoms with Crippen LogP contribution in [0.25, 0.3) is 0 Å². The predicted molar refractivity (Wildman–Crippen MR) is 87.7 cm³/mol. The summed E-state index contributed by atoms with van der Waals surface area (Å²) in [7, 11) is 2.06. The van der Waals surface area contributed by atoms with Gasteiger partial charge in [0.1, 0.15) is 0 Å². The molecule has 1 aromatic rings. The van der Waals surface area contributed by atoms with E-state index in [-0.39, 0.29) is 5.79 Å². The molecule has 2 atom stereocenters. The Balaban J connectivity index is 1.54. The lowest BCUT2D eigenvalue weighted by Crippen LogP contribution is -2.47. The molecule has 3 rings (SSSR count). The first-order valence-electron chi connectivity index (χ1n) is 8.45. The van der Waals surface area contributed by atoms with Crippen molar-refractivity contribution < 1.29 is 9.47 Å². The Morgan fingerprint density at radius 3 is 2.36 bits per heavy atom. The molecular weight excluding hydrogens is 276 g/mol. The molecule has 0 aromatic heterocycles. The summed E-state index contributed by atoms with van der Waals surface area (Å²) in [6.07, 6.45) is 1.99. The second kappa shape index (κ2) is 7.09. The van der Waals surface area contributed by atoms with Crippen LogP contribution in [0.15, 0.2) is 30.3 Å². The Hall–Kier alpha value is -0.940. The van der Waals surface area contributed by atoms with Crippen LogP contribution in [0.3, 0.4) is 0 Å². The molecule has 2 aliphatic heterocycles. The fourth-order valence-electron chi connectivity index (χ4n) is 3.81. The van der Waals surface area contributed by atoms with Crippen molar-refractivity contribution in [2.45, 2.75) is 31.6 Å². The van der Waals surface area contributed by atoms with Crippen LogP contribution < -0.4 is 5.32 Å². The van der Waals surface area contributed by atoms with E-state index in [1.807, 2.05) is 0 Å². The van der Waals surface area contributed by atoms with Gasteiger partial charge in [0.05, 0.1) is 13.2 Å². The van der Waals surface area contributed by atoms with Crippen molar-refractivity contribution in [1.29, 1.82) is 0 Å². The van der Waals surface area contributed by atoms with Gasteiger partial charge in [0.25, 0.3) is 0 Å². The summed E-state index contributed by atoms with van der Waals surface area (Å²) in [5, 5.41) is 3.48. The van der Waals surface area contributed by atoms with Crippen LogP contribution in [-0.4, -0.2) is 50.6 Å². The molecular formula is C18H28N2O2. The van der Waals surface area contributed by atoms with Crippen LogP contribution in [0, 0.1) is 5.92 Å². The average Bonchev–Trinajstić information content (AvgIpc) is 3.00. The van der Waals surface area contributed by atoms with Crippen LogP contribution in [-0.2, 0) is 9.47 Å². The maximum atomic E-state index is 5.81. The van der Waals surface area contributed by atoms with Crippen molar-refractivity contribution >= 4 is 0 Å². The number of likely N-dealkylation sites (tertiary alicyclic amines) is 1. The molecule has 0 bridgehead atoms. The largest absolute Gasteiger partial charge is 0.347 e. The number of ether oxygens (including phenoxy) is 2. The van der Waals surface area contributed by atoms with E-state index in [4.69, 9.17) is 9.47 Å². The number of hydrogen-bond acceptors (Lipinski definition) is 4. The van der Waals surface area contributed by atoms with Crippen molar-refractivity contribution in [1.82, 2.24) is 10.2 Å². The van der Waals surface area contributed by atoms with Gasteiger partial charge in [0.2, 0.25) is 0 Å². The van der Waals surface area contributed by atoms with Crippen LogP contribution in [0.2, 0.25) is 0 Å². The van der Waals surface area contributed by atoms with E-state index >= 15 is 0 Å². The minimum absolute atomic E-state index is 0.262. The van der Waals surface area contributed by atoms with E-state index in [9.17, 15) is 0 Å². The number of hydrogen-bond donors (Lipinski definition) is 1. The van der Waals surface area contributed by atoms with Gasteiger partial charge < -0.3 is 19.7 Å². The van der Waals surface area contributed by atoms with E-state index in [1.165, 1.54) is 5.56 Å². The highest BCUT2D eigenvalue weighted by Crippen LogP contribution is 2.32. The predicted octanol–water partition coefficient (Wildman–Crippen LogP) is 2.42. The fourth-order valence-corrected chi connectivity index (χ4v) is 3.81. The highest BCUT2D eigenvalue weighted by atomic mass is 16.7. The molecule has 2 aliphatic rings. The monoisotopic (exact) mass is 304 g/mol. The van der Waals surface area contributed by atoms with Gasteiger partial charge in [-0.25, -0.2) is 0 Å². The minimum atomic E-state index is -0.262. The molecule has 0 aliphatic carbocycles. The number of benzene rings is 1. The number of rotatable bonds is 5. The highest BCUT2D eigenvalue weighted by Gasteiger charge is 2.40. The van der Waals surface area contributed by atoms with Gasteiger partial charge in [-0.3, -0.25) is 0 Å². The van der Waals surface area contributed by atoms with Crippen LogP contribution in [0.1, 0.15) is 31.4 Å². The number of nitrogens with zero attached hydrogens (tertiary/aromatic N) is 1. The maximum Gasteiger partial charge on any atom is 0.170 e. The Morgan fingerprint density at radius 1 is 1.14 bits per heavy atom. The summed E-state index contributed by atoms with van der Waals surface area (Å²) in [4.78, 5) is 2.55. The summed E-state index contributed by atoms with van der Waals surface area (Å²) < 4.78 is 11.6. The zero-order valence-corrected chi connectivity index (χ0v) is 13.8. The molecule has 1 N–H and O–H groups in total. The zero-order chi connectivity index (χ0) is 15.4. The van der Waals surface area contributed by atoms with Gasteiger partial charge in [0, 0.05) is 38.5 Å². The SMILES string of the molecule is CN[C@@H](c1ccccc1)[C@@H](C)CN1CCC2(CC1)OCCO2. The van der Waals surface area contributed by atoms with Gasteiger partial charge in [-0.2, -0.15) is 0 Å². The van der Waals surface area contributed by atoms with Crippen molar-refractivity contribution in [3.63, 3.8) is 0 Å². The zero-order valence-electron chi connectivity index (χ0n) is 13.8. The molecule has 2 saturated heterocycles. The minimum Gasteiger partial charge on any atom is -0.347 e. The van der Waals surface area contributed by atoms with Crippen molar-refractivity contribution in [3.05, 3.63) is 35.9 Å². The maximum absolute atomic E-state index is 5.81. The van der Waals surface area contributed by atoms with Gasteiger partial charge in [0.15, 0.2) is 5.79 Å². The Bertz CT molecular complexity index is 449. The number of nitrogens with one attached hydrogen (secondary N) is 1. The van der Waals surface area contributed by atoms with Crippen LogP contribution in [0.4, 0.5) is 0 Å². The van der Waals surface area contributed by atoms with Gasteiger partial charge in [-0.05, 0) is 18.5 Å². The molecule has 4 nitrogen and oxygen atoms in total. The van der Waals surface area contributed by atoms with Crippen molar-refractivity contribution in [2.24, 2.45) is 5.92 Å². The van der Waals surface area contributed by atoms with Gasteiger partial charge in [-0.1, -0.05) is 37.3 Å². The molecule has 22 heavy (non-hydrogen) atoms. The van der Waals surface area contributed by atoms with Crippen LogP contribution in [0.5, 0.6) is 0 Å². The highest BCUT2D eigenvalue weighted by molar-refractivity contribution is 5.19. The second-order valence-corrected chi connectivity index (χ2v) is 6.56. The van der Waals surface area contributed by atoms with Gasteiger partial charge >= 0.3 is 0 Å². The Morgan fingerprint density at radius 2 is 1.77 bits per heavy atom. The smallest absolute Gasteiger partial charge is 0.170 e. The van der Waals surface area contributed by atoms with E-state index in [0.29, 0.717) is 12.0 Å². The summed E-state index contributed by atoms with van der Waals surface area (Å²) in [5.74, 6) is 0.300. The van der Waals surface area contributed by atoms with Crippen molar-refractivity contribution in [2.75, 3.05) is 39.9 Å². The first-order chi connectivity index (χ1) is 10.7. The fraction of sp³-hybridized carbons (Fsp3) is 0.667. The van der Waals surface area contributed by atoms with Crippen LogP contribution >= 0.6 is 0 Å². The summed E-state index contributed by atoms with van der Waals surface area (Å²) in [6, 6.07) is 11.1. The third kappa shape index (κ3) is 3.51. The molecule has 0 amide bonds. The lowest BCUT2D eigenvalue weighted by molar-refractivity contribution is -0.185. The quantitative estimate of drug-likeness (QED) is 0.906.